The van der Waals surface area contributed by atoms with E-state index in [0.717, 1.165) is 16.7 Å². The lowest BCUT2D eigenvalue weighted by atomic mass is 10.1. The van der Waals surface area contributed by atoms with Crippen LogP contribution in [-0.2, 0) is 16.6 Å². The lowest BCUT2D eigenvalue weighted by Gasteiger charge is -2.11. The number of nitrogens with zero attached hydrogens (tertiary/aromatic N) is 1. The highest BCUT2D eigenvalue weighted by molar-refractivity contribution is 7.89. The highest BCUT2D eigenvalue weighted by atomic mass is 32.2. The van der Waals surface area contributed by atoms with Gasteiger partial charge in [-0.25, -0.2) is 13.1 Å². The van der Waals surface area contributed by atoms with Gasteiger partial charge in [-0.15, -0.1) is 0 Å². The van der Waals surface area contributed by atoms with E-state index in [2.05, 4.69) is 9.71 Å². The fraction of sp³-hybridized carbons (Fsp3) is 0.167. The average Bonchev–Trinajstić information content (AvgIpc) is 2.54. The molecule has 0 radical (unpaired) electrons. The Hall–Kier alpha value is -2.24. The molecule has 2 aromatic carbocycles. The van der Waals surface area contributed by atoms with Crippen LogP contribution in [0.1, 0.15) is 16.7 Å². The lowest BCUT2D eigenvalue weighted by Crippen LogP contribution is -2.24. The molecule has 0 fully saturated rings. The fourth-order valence-electron chi connectivity index (χ4n) is 2.58. The van der Waals surface area contributed by atoms with E-state index < -0.39 is 10.0 Å². The maximum absolute atomic E-state index is 12.7. The van der Waals surface area contributed by atoms with E-state index in [1.165, 1.54) is 0 Å². The Bertz CT molecular complexity index is 966. The van der Waals surface area contributed by atoms with Crippen molar-refractivity contribution < 1.29 is 8.42 Å². The van der Waals surface area contributed by atoms with Gasteiger partial charge in [0.25, 0.3) is 0 Å². The van der Waals surface area contributed by atoms with Gasteiger partial charge >= 0.3 is 0 Å². The van der Waals surface area contributed by atoms with Crippen LogP contribution in [0.3, 0.4) is 0 Å². The molecule has 4 nitrogen and oxygen atoms in total. The number of sulfonamides is 1. The molecule has 3 rings (SSSR count). The summed E-state index contributed by atoms with van der Waals surface area (Å²) in [4.78, 5) is 4.56. The molecule has 23 heavy (non-hydrogen) atoms. The van der Waals surface area contributed by atoms with E-state index in [0.29, 0.717) is 10.9 Å². The Labute approximate surface area is 136 Å². The van der Waals surface area contributed by atoms with Crippen LogP contribution in [0, 0.1) is 13.8 Å². The molecule has 118 valence electrons. The van der Waals surface area contributed by atoms with E-state index >= 15 is 0 Å². The molecule has 0 aliphatic carbocycles. The van der Waals surface area contributed by atoms with Gasteiger partial charge in [-0.2, -0.15) is 0 Å². The van der Waals surface area contributed by atoms with E-state index in [4.69, 9.17) is 0 Å². The second kappa shape index (κ2) is 6.10. The maximum atomic E-state index is 12.7. The van der Waals surface area contributed by atoms with Crippen LogP contribution in [0.25, 0.3) is 10.9 Å². The van der Waals surface area contributed by atoms with Crippen LogP contribution in [0.15, 0.2) is 59.6 Å². The Morgan fingerprint density at radius 1 is 0.957 bits per heavy atom. The molecular weight excluding hydrogens is 308 g/mol. The molecular formula is C18H18N2O2S. The number of benzene rings is 2. The van der Waals surface area contributed by atoms with E-state index in [9.17, 15) is 8.42 Å². The highest BCUT2D eigenvalue weighted by Gasteiger charge is 2.18. The van der Waals surface area contributed by atoms with Gasteiger partial charge in [0.2, 0.25) is 10.0 Å². The summed E-state index contributed by atoms with van der Waals surface area (Å²) in [5.41, 5.74) is 3.70. The molecule has 1 aromatic heterocycles. The summed E-state index contributed by atoms with van der Waals surface area (Å²) in [6.45, 7) is 4.16. The van der Waals surface area contributed by atoms with Crippen molar-refractivity contribution in [3.63, 3.8) is 0 Å². The van der Waals surface area contributed by atoms with Crippen molar-refractivity contribution in [2.45, 2.75) is 25.3 Å². The second-order valence-electron chi connectivity index (χ2n) is 5.53. The minimum absolute atomic E-state index is 0.264. The summed E-state index contributed by atoms with van der Waals surface area (Å²) in [5.74, 6) is 0. The van der Waals surface area contributed by atoms with Crippen LogP contribution in [0.2, 0.25) is 0 Å². The molecule has 1 heterocycles. The molecule has 5 heteroatoms. The fourth-order valence-corrected chi connectivity index (χ4v) is 3.78. The number of hydrogen-bond acceptors (Lipinski definition) is 3. The first-order chi connectivity index (χ1) is 11.0. The molecule has 0 amide bonds. The first-order valence-corrected chi connectivity index (χ1v) is 8.86. The van der Waals surface area contributed by atoms with Crippen molar-refractivity contribution in [3.05, 3.63) is 71.4 Å². The van der Waals surface area contributed by atoms with Gasteiger partial charge in [0.15, 0.2) is 0 Å². The average molecular weight is 326 g/mol. The van der Waals surface area contributed by atoms with Gasteiger partial charge in [0.1, 0.15) is 0 Å². The molecule has 0 saturated carbocycles. The molecule has 0 aliphatic heterocycles. The topological polar surface area (TPSA) is 59.1 Å². The predicted octanol–water partition coefficient (Wildman–Crippen LogP) is 3.33. The lowest BCUT2D eigenvalue weighted by molar-refractivity contribution is 0.582. The Kier molecular flexibility index (Phi) is 4.15. The molecule has 0 saturated heterocycles. The molecule has 0 atom stereocenters. The molecule has 1 N–H and O–H groups in total. The standard InChI is InChI=1S/C18H18N2O2S/c1-13-6-3-4-7-15(13)12-20-23(21,22)17-10-9-14(2)18-16(17)8-5-11-19-18/h3-11,20H,12H2,1-2H3. The van der Waals surface area contributed by atoms with E-state index in [-0.39, 0.29) is 11.4 Å². The van der Waals surface area contributed by atoms with Crippen molar-refractivity contribution in [2.24, 2.45) is 0 Å². The van der Waals surface area contributed by atoms with Crippen molar-refractivity contribution in [1.82, 2.24) is 9.71 Å². The van der Waals surface area contributed by atoms with Crippen LogP contribution >= 0.6 is 0 Å². The first-order valence-electron chi connectivity index (χ1n) is 7.37. The summed E-state index contributed by atoms with van der Waals surface area (Å²) in [7, 11) is -3.61. The zero-order valence-corrected chi connectivity index (χ0v) is 13.9. The normalized spacial score (nSPS) is 11.7. The number of fused-ring (bicyclic) bond motifs is 1. The summed E-state index contributed by atoms with van der Waals surface area (Å²) < 4.78 is 28.1. The maximum Gasteiger partial charge on any atom is 0.241 e. The van der Waals surface area contributed by atoms with Gasteiger partial charge in [0, 0.05) is 18.1 Å². The van der Waals surface area contributed by atoms with Crippen LogP contribution in [0.4, 0.5) is 0 Å². The third kappa shape index (κ3) is 3.11. The molecule has 0 aliphatic rings. The summed E-state index contributed by atoms with van der Waals surface area (Å²) in [6.07, 6.45) is 1.67. The van der Waals surface area contributed by atoms with Gasteiger partial charge in [0.05, 0.1) is 10.4 Å². The van der Waals surface area contributed by atoms with Crippen molar-refractivity contribution in [1.29, 1.82) is 0 Å². The first kappa shape index (κ1) is 15.6. The Morgan fingerprint density at radius 2 is 1.74 bits per heavy atom. The molecule has 0 spiro atoms. The predicted molar refractivity (Wildman–Crippen MR) is 91.7 cm³/mol. The summed E-state index contributed by atoms with van der Waals surface area (Å²) in [6, 6.07) is 14.7. The zero-order chi connectivity index (χ0) is 16.4. The van der Waals surface area contributed by atoms with E-state index in [1.54, 1.807) is 30.5 Å². The van der Waals surface area contributed by atoms with Crippen LogP contribution in [0.5, 0.6) is 0 Å². The molecule has 3 aromatic rings. The van der Waals surface area contributed by atoms with Crippen molar-refractivity contribution in [2.75, 3.05) is 0 Å². The number of nitrogens with one attached hydrogen (secondary N) is 1. The smallest absolute Gasteiger partial charge is 0.241 e. The van der Waals surface area contributed by atoms with Crippen LogP contribution < -0.4 is 4.72 Å². The quantitative estimate of drug-likeness (QED) is 0.800. The van der Waals surface area contributed by atoms with Crippen LogP contribution in [-0.4, -0.2) is 13.4 Å². The summed E-state index contributed by atoms with van der Waals surface area (Å²) in [5, 5.41) is 0.643. The number of aromatic nitrogens is 1. The van der Waals surface area contributed by atoms with E-state index in [1.807, 2.05) is 38.1 Å². The molecule has 0 bridgehead atoms. The zero-order valence-electron chi connectivity index (χ0n) is 13.1. The third-order valence-corrected chi connectivity index (χ3v) is 5.39. The van der Waals surface area contributed by atoms with Gasteiger partial charge in [-0.05, 0) is 48.7 Å². The highest BCUT2D eigenvalue weighted by Crippen LogP contribution is 2.24. The SMILES string of the molecule is Cc1ccccc1CNS(=O)(=O)c1ccc(C)c2ncccc12. The molecule has 0 unspecified atom stereocenters. The second-order valence-corrected chi connectivity index (χ2v) is 7.27. The summed E-state index contributed by atoms with van der Waals surface area (Å²) >= 11 is 0. The van der Waals surface area contributed by atoms with Gasteiger partial charge < -0.3 is 0 Å². The number of rotatable bonds is 4. The minimum Gasteiger partial charge on any atom is -0.256 e. The van der Waals surface area contributed by atoms with Crippen molar-refractivity contribution in [3.8, 4) is 0 Å². The Morgan fingerprint density at radius 3 is 2.52 bits per heavy atom. The third-order valence-electron chi connectivity index (χ3n) is 3.93. The largest absolute Gasteiger partial charge is 0.256 e. The van der Waals surface area contributed by atoms with Crippen molar-refractivity contribution >= 4 is 20.9 Å². The van der Waals surface area contributed by atoms with Gasteiger partial charge in [-0.3, -0.25) is 4.98 Å². The van der Waals surface area contributed by atoms with Gasteiger partial charge in [-0.1, -0.05) is 30.3 Å². The monoisotopic (exact) mass is 326 g/mol. The number of aryl methyl sites for hydroxylation is 2. The minimum atomic E-state index is -3.61. The number of pyridine rings is 1. The number of hydrogen-bond donors (Lipinski definition) is 1. The Balaban J connectivity index is 1.98.